The van der Waals surface area contributed by atoms with Crippen LogP contribution in [0.1, 0.15) is 12.8 Å². The second kappa shape index (κ2) is 3.41. The van der Waals surface area contributed by atoms with Gasteiger partial charge in [-0.25, -0.2) is 12.7 Å². The molecule has 16 heavy (non-hydrogen) atoms. The quantitative estimate of drug-likeness (QED) is 0.621. The van der Waals surface area contributed by atoms with Crippen molar-refractivity contribution in [1.29, 1.82) is 0 Å². The molecule has 0 bridgehead atoms. The van der Waals surface area contributed by atoms with E-state index in [1.807, 2.05) is 0 Å². The highest BCUT2D eigenvalue weighted by atomic mass is 32.2. The molecule has 3 atom stereocenters. The Balaban J connectivity index is 2.22. The molecule has 0 radical (unpaired) electrons. The zero-order chi connectivity index (χ0) is 12.1. The van der Waals surface area contributed by atoms with Crippen LogP contribution in [0.2, 0.25) is 0 Å². The Labute approximate surface area is 94.5 Å². The second-order valence-electron chi connectivity index (χ2n) is 4.94. The van der Waals surface area contributed by atoms with Gasteiger partial charge in [-0.05, 0) is 12.8 Å². The SMILES string of the molecule is CS(=O)(=O)N1CC(C(N)=O)CC2(CC2O)C1. The molecule has 1 heterocycles. The van der Waals surface area contributed by atoms with E-state index in [0.29, 0.717) is 19.4 Å². The van der Waals surface area contributed by atoms with Gasteiger partial charge in [0.2, 0.25) is 15.9 Å². The van der Waals surface area contributed by atoms with Crippen molar-refractivity contribution in [2.45, 2.75) is 18.9 Å². The number of sulfonamides is 1. The van der Waals surface area contributed by atoms with Crippen LogP contribution in [-0.2, 0) is 14.8 Å². The first-order chi connectivity index (χ1) is 7.24. The van der Waals surface area contributed by atoms with Gasteiger partial charge in [0.25, 0.3) is 0 Å². The predicted octanol–water partition coefficient (Wildman–Crippen LogP) is -1.50. The van der Waals surface area contributed by atoms with Crippen LogP contribution >= 0.6 is 0 Å². The third-order valence-electron chi connectivity index (χ3n) is 3.59. The van der Waals surface area contributed by atoms with Gasteiger partial charge in [-0.1, -0.05) is 0 Å². The van der Waals surface area contributed by atoms with Crippen LogP contribution in [0.3, 0.4) is 0 Å². The van der Waals surface area contributed by atoms with Crippen LogP contribution in [0.15, 0.2) is 0 Å². The average molecular weight is 248 g/mol. The van der Waals surface area contributed by atoms with E-state index in [0.717, 1.165) is 6.26 Å². The van der Waals surface area contributed by atoms with E-state index in [1.54, 1.807) is 0 Å². The molecule has 1 spiro atoms. The molecule has 92 valence electrons. The van der Waals surface area contributed by atoms with Gasteiger partial charge in [-0.2, -0.15) is 0 Å². The van der Waals surface area contributed by atoms with Crippen molar-refractivity contribution in [3.63, 3.8) is 0 Å². The third kappa shape index (κ3) is 1.94. The van der Waals surface area contributed by atoms with Crippen molar-refractivity contribution in [2.75, 3.05) is 19.3 Å². The summed E-state index contributed by atoms with van der Waals surface area (Å²) in [5.41, 5.74) is 4.80. The average Bonchev–Trinajstić information content (AvgIpc) is 2.73. The molecule has 0 aromatic heterocycles. The molecule has 6 nitrogen and oxygen atoms in total. The lowest BCUT2D eigenvalue weighted by Gasteiger charge is -2.35. The normalized spacial score (nSPS) is 39.9. The third-order valence-corrected chi connectivity index (χ3v) is 4.80. The first-order valence-electron chi connectivity index (χ1n) is 5.17. The number of rotatable bonds is 2. The van der Waals surface area contributed by atoms with Gasteiger partial charge in [0.1, 0.15) is 0 Å². The minimum Gasteiger partial charge on any atom is -0.392 e. The fourth-order valence-corrected chi connectivity index (χ4v) is 3.38. The van der Waals surface area contributed by atoms with Crippen LogP contribution in [0.4, 0.5) is 0 Å². The highest BCUT2D eigenvalue weighted by Crippen LogP contribution is 2.53. The van der Waals surface area contributed by atoms with Gasteiger partial charge in [0, 0.05) is 18.5 Å². The van der Waals surface area contributed by atoms with E-state index in [1.165, 1.54) is 4.31 Å². The molecule has 0 aromatic rings. The number of hydrogen-bond acceptors (Lipinski definition) is 4. The van der Waals surface area contributed by atoms with Crippen molar-refractivity contribution in [2.24, 2.45) is 17.1 Å². The van der Waals surface area contributed by atoms with E-state index >= 15 is 0 Å². The fourth-order valence-electron chi connectivity index (χ4n) is 2.44. The van der Waals surface area contributed by atoms with Crippen LogP contribution in [0, 0.1) is 11.3 Å². The molecule has 2 rings (SSSR count). The monoisotopic (exact) mass is 248 g/mol. The summed E-state index contributed by atoms with van der Waals surface area (Å²) < 4.78 is 24.2. The first-order valence-corrected chi connectivity index (χ1v) is 7.02. The van der Waals surface area contributed by atoms with E-state index in [2.05, 4.69) is 0 Å². The Morgan fingerprint density at radius 2 is 2.06 bits per heavy atom. The van der Waals surface area contributed by atoms with Gasteiger partial charge in [-0.3, -0.25) is 4.79 Å². The molecule has 3 N–H and O–H groups in total. The van der Waals surface area contributed by atoms with Crippen molar-refractivity contribution in [3.8, 4) is 0 Å². The number of aliphatic hydroxyl groups is 1. The molecule has 2 aliphatic rings. The van der Waals surface area contributed by atoms with E-state index < -0.39 is 33.4 Å². The number of carbonyl (C=O) groups excluding carboxylic acids is 1. The summed E-state index contributed by atoms with van der Waals surface area (Å²) in [6, 6.07) is 0. The topological polar surface area (TPSA) is 101 Å². The lowest BCUT2D eigenvalue weighted by molar-refractivity contribution is -0.123. The maximum atomic E-state index is 11.5. The zero-order valence-corrected chi connectivity index (χ0v) is 9.90. The van der Waals surface area contributed by atoms with Crippen LogP contribution in [0.5, 0.6) is 0 Å². The highest BCUT2D eigenvalue weighted by Gasteiger charge is 2.58. The maximum absolute atomic E-state index is 11.5. The summed E-state index contributed by atoms with van der Waals surface area (Å²) >= 11 is 0. The van der Waals surface area contributed by atoms with Crippen molar-refractivity contribution in [3.05, 3.63) is 0 Å². The summed E-state index contributed by atoms with van der Waals surface area (Å²) in [5.74, 6) is -0.979. The molecular formula is C9H16N2O4S. The largest absolute Gasteiger partial charge is 0.392 e. The van der Waals surface area contributed by atoms with E-state index in [9.17, 15) is 18.3 Å². The lowest BCUT2D eigenvalue weighted by atomic mass is 9.87. The summed E-state index contributed by atoms with van der Waals surface area (Å²) in [6.07, 6.45) is 1.66. The zero-order valence-electron chi connectivity index (χ0n) is 9.09. The van der Waals surface area contributed by atoms with Gasteiger partial charge in [0.15, 0.2) is 0 Å². The van der Waals surface area contributed by atoms with Gasteiger partial charge in [-0.15, -0.1) is 0 Å². The van der Waals surface area contributed by atoms with Crippen LogP contribution in [0.25, 0.3) is 0 Å². The number of aliphatic hydroxyl groups excluding tert-OH is 1. The van der Waals surface area contributed by atoms with Crippen LogP contribution in [-0.4, -0.2) is 49.2 Å². The van der Waals surface area contributed by atoms with Gasteiger partial charge in [0.05, 0.1) is 18.3 Å². The minimum atomic E-state index is -3.33. The second-order valence-corrected chi connectivity index (χ2v) is 6.92. The Morgan fingerprint density at radius 3 is 2.44 bits per heavy atom. The molecule has 0 aromatic carbocycles. The van der Waals surface area contributed by atoms with Crippen molar-refractivity contribution in [1.82, 2.24) is 4.31 Å². The van der Waals surface area contributed by atoms with E-state index in [-0.39, 0.29) is 6.54 Å². The van der Waals surface area contributed by atoms with Crippen LogP contribution < -0.4 is 5.73 Å². The molecule has 1 aliphatic heterocycles. The van der Waals surface area contributed by atoms with Crippen molar-refractivity contribution < 1.29 is 18.3 Å². The summed E-state index contributed by atoms with van der Waals surface area (Å²) in [6.45, 7) is 0.444. The number of piperidine rings is 1. The molecule has 1 saturated heterocycles. The molecular weight excluding hydrogens is 232 g/mol. The number of primary amides is 1. The number of nitrogens with zero attached hydrogens (tertiary/aromatic N) is 1. The number of carbonyl (C=O) groups is 1. The highest BCUT2D eigenvalue weighted by molar-refractivity contribution is 7.88. The van der Waals surface area contributed by atoms with Crippen molar-refractivity contribution >= 4 is 15.9 Å². The minimum absolute atomic E-state index is 0.142. The Kier molecular flexibility index (Phi) is 2.52. The smallest absolute Gasteiger partial charge is 0.221 e. The Hall–Kier alpha value is -0.660. The molecule has 1 saturated carbocycles. The molecule has 2 fully saturated rings. The number of hydrogen-bond donors (Lipinski definition) is 2. The molecule has 1 amide bonds. The number of nitrogens with two attached hydrogens (primary N) is 1. The van der Waals surface area contributed by atoms with Gasteiger partial charge < -0.3 is 10.8 Å². The number of amides is 1. The Morgan fingerprint density at radius 1 is 1.50 bits per heavy atom. The summed E-state index contributed by atoms with van der Waals surface area (Å²) in [7, 11) is -3.33. The summed E-state index contributed by atoms with van der Waals surface area (Å²) in [4.78, 5) is 11.2. The molecule has 1 aliphatic carbocycles. The molecule has 7 heteroatoms. The fraction of sp³-hybridized carbons (Fsp3) is 0.889. The lowest BCUT2D eigenvalue weighted by Crippen LogP contribution is -2.49. The molecule has 3 unspecified atom stereocenters. The maximum Gasteiger partial charge on any atom is 0.221 e. The predicted molar refractivity (Wildman–Crippen MR) is 56.8 cm³/mol. The van der Waals surface area contributed by atoms with E-state index in [4.69, 9.17) is 5.73 Å². The summed E-state index contributed by atoms with van der Waals surface area (Å²) in [5, 5.41) is 9.55. The Bertz CT molecular complexity index is 421. The standard InChI is InChI=1S/C9H16N2O4S/c1-16(14,15)11-4-6(8(10)13)2-9(5-11)3-7(9)12/h6-7,12H,2-5H2,1H3,(H2,10,13). The van der Waals surface area contributed by atoms with Gasteiger partial charge >= 0.3 is 0 Å². The first kappa shape index (κ1) is 11.8.